The molecule has 0 amide bonds. The second kappa shape index (κ2) is 6.35. The van der Waals surface area contributed by atoms with Crippen LogP contribution in [0.1, 0.15) is 25.3 Å². The smallest absolute Gasteiger partial charge is 0.306 e. The van der Waals surface area contributed by atoms with Crippen molar-refractivity contribution >= 4 is 23.3 Å². The van der Waals surface area contributed by atoms with Gasteiger partial charge in [-0.15, -0.1) is 0 Å². The molecule has 1 aromatic carbocycles. The van der Waals surface area contributed by atoms with Crippen molar-refractivity contribution in [1.82, 2.24) is 0 Å². The topological polar surface area (TPSA) is 80.4 Å². The van der Waals surface area contributed by atoms with Gasteiger partial charge in [0, 0.05) is 16.7 Å². The summed E-state index contributed by atoms with van der Waals surface area (Å²) in [6.07, 6.45) is 1.32. The number of benzene rings is 1. The van der Waals surface area contributed by atoms with Crippen molar-refractivity contribution in [1.29, 1.82) is 0 Å². The highest BCUT2D eigenvalue weighted by molar-refractivity contribution is 6.30. The molecule has 0 saturated carbocycles. The van der Waals surface area contributed by atoms with Crippen LogP contribution >= 0.6 is 11.6 Å². The molecular formula is C12H14ClNO4. The molecule has 0 spiro atoms. The maximum atomic E-state index is 11.1. The molecule has 1 unspecified atom stereocenters. The van der Waals surface area contributed by atoms with Gasteiger partial charge in [-0.05, 0) is 25.0 Å². The number of hydrogen-bond acceptors (Lipinski definition) is 3. The lowest BCUT2D eigenvalue weighted by Crippen LogP contribution is -2.16. The molecule has 0 heterocycles. The van der Waals surface area contributed by atoms with E-state index in [-0.39, 0.29) is 12.1 Å². The number of halogens is 1. The van der Waals surface area contributed by atoms with E-state index in [0.717, 1.165) is 0 Å². The van der Waals surface area contributed by atoms with Gasteiger partial charge in [0.25, 0.3) is 5.69 Å². The zero-order valence-electron chi connectivity index (χ0n) is 9.93. The molecule has 5 nitrogen and oxygen atoms in total. The van der Waals surface area contributed by atoms with Gasteiger partial charge in [-0.25, -0.2) is 0 Å². The number of aliphatic carboxylic acids is 1. The van der Waals surface area contributed by atoms with Crippen LogP contribution in [0, 0.1) is 16.0 Å². The van der Waals surface area contributed by atoms with E-state index < -0.39 is 16.8 Å². The fourth-order valence-electron chi connectivity index (χ4n) is 1.82. The van der Waals surface area contributed by atoms with E-state index in [2.05, 4.69) is 0 Å². The summed E-state index contributed by atoms with van der Waals surface area (Å²) in [5.74, 6) is -1.56. The van der Waals surface area contributed by atoms with Gasteiger partial charge in [0.05, 0.1) is 10.8 Å². The summed E-state index contributed by atoms with van der Waals surface area (Å²) >= 11 is 5.79. The molecule has 1 aromatic rings. The first-order chi connectivity index (χ1) is 8.45. The van der Waals surface area contributed by atoms with Crippen molar-refractivity contribution in [3.05, 3.63) is 38.9 Å². The van der Waals surface area contributed by atoms with Crippen molar-refractivity contribution in [2.75, 3.05) is 0 Å². The van der Waals surface area contributed by atoms with Crippen LogP contribution in [-0.2, 0) is 11.2 Å². The first-order valence-electron chi connectivity index (χ1n) is 5.61. The van der Waals surface area contributed by atoms with Gasteiger partial charge < -0.3 is 5.11 Å². The predicted octanol–water partition coefficient (Wildman–Crippen LogP) is 3.29. The third-order valence-corrected chi connectivity index (χ3v) is 2.93. The lowest BCUT2D eigenvalue weighted by Gasteiger charge is -2.11. The lowest BCUT2D eigenvalue weighted by atomic mass is 9.94. The molecule has 0 saturated heterocycles. The Kier molecular flexibility index (Phi) is 5.09. The molecule has 18 heavy (non-hydrogen) atoms. The number of nitrogens with zero attached hydrogens (tertiary/aromatic N) is 1. The Morgan fingerprint density at radius 1 is 1.56 bits per heavy atom. The van der Waals surface area contributed by atoms with E-state index in [1.165, 1.54) is 18.2 Å². The molecule has 0 bridgehead atoms. The highest BCUT2D eigenvalue weighted by Gasteiger charge is 2.22. The van der Waals surface area contributed by atoms with Crippen molar-refractivity contribution < 1.29 is 14.8 Å². The van der Waals surface area contributed by atoms with Crippen LogP contribution in [0.2, 0.25) is 5.02 Å². The van der Waals surface area contributed by atoms with E-state index in [9.17, 15) is 14.9 Å². The molecular weight excluding hydrogens is 258 g/mol. The number of carbonyl (C=O) groups is 1. The lowest BCUT2D eigenvalue weighted by molar-refractivity contribution is -0.385. The normalized spacial score (nSPS) is 12.1. The molecule has 0 fully saturated rings. The summed E-state index contributed by atoms with van der Waals surface area (Å²) in [5, 5.41) is 20.3. The van der Waals surface area contributed by atoms with Crippen LogP contribution in [0.4, 0.5) is 5.69 Å². The average Bonchev–Trinajstić information content (AvgIpc) is 2.28. The largest absolute Gasteiger partial charge is 0.481 e. The van der Waals surface area contributed by atoms with Gasteiger partial charge in [-0.3, -0.25) is 14.9 Å². The Bertz CT molecular complexity index is 461. The Morgan fingerprint density at radius 2 is 2.22 bits per heavy atom. The van der Waals surface area contributed by atoms with Crippen LogP contribution in [-0.4, -0.2) is 16.0 Å². The number of carboxylic acids is 1. The molecule has 1 atom stereocenters. The number of nitro groups is 1. The maximum absolute atomic E-state index is 11.1. The number of hydrogen-bond donors (Lipinski definition) is 1. The minimum Gasteiger partial charge on any atom is -0.481 e. The monoisotopic (exact) mass is 271 g/mol. The molecule has 0 aromatic heterocycles. The van der Waals surface area contributed by atoms with Crippen LogP contribution in [0.3, 0.4) is 0 Å². The molecule has 1 N–H and O–H groups in total. The Labute approximate surface area is 110 Å². The average molecular weight is 272 g/mol. The van der Waals surface area contributed by atoms with Gasteiger partial charge in [0.2, 0.25) is 0 Å². The second-order valence-corrected chi connectivity index (χ2v) is 4.49. The SMILES string of the molecule is CCCC(Cc1cc(Cl)ccc1[N+](=O)[O-])C(=O)O. The predicted molar refractivity (Wildman–Crippen MR) is 67.8 cm³/mol. The highest BCUT2D eigenvalue weighted by Crippen LogP contribution is 2.26. The highest BCUT2D eigenvalue weighted by atomic mass is 35.5. The third-order valence-electron chi connectivity index (χ3n) is 2.69. The Hall–Kier alpha value is -1.62. The van der Waals surface area contributed by atoms with Crippen LogP contribution < -0.4 is 0 Å². The number of carboxylic acid groups (broad SMARTS) is 1. The van der Waals surface area contributed by atoms with Gasteiger partial charge in [-0.2, -0.15) is 0 Å². The van der Waals surface area contributed by atoms with Crippen LogP contribution in [0.5, 0.6) is 0 Å². The van der Waals surface area contributed by atoms with E-state index in [1.54, 1.807) is 0 Å². The molecule has 0 radical (unpaired) electrons. The minimum absolute atomic E-state index is 0.0817. The number of nitro benzene ring substituents is 1. The minimum atomic E-state index is -0.939. The first kappa shape index (κ1) is 14.4. The van der Waals surface area contributed by atoms with E-state index in [0.29, 0.717) is 23.4 Å². The van der Waals surface area contributed by atoms with E-state index >= 15 is 0 Å². The molecule has 6 heteroatoms. The molecule has 0 aliphatic rings. The maximum Gasteiger partial charge on any atom is 0.306 e. The number of rotatable bonds is 6. The quantitative estimate of drug-likeness (QED) is 0.636. The summed E-state index contributed by atoms with van der Waals surface area (Å²) < 4.78 is 0. The zero-order chi connectivity index (χ0) is 13.7. The summed E-state index contributed by atoms with van der Waals surface area (Å²) in [6.45, 7) is 1.88. The summed E-state index contributed by atoms with van der Waals surface area (Å²) in [6, 6.07) is 4.20. The van der Waals surface area contributed by atoms with E-state index in [4.69, 9.17) is 16.7 Å². The van der Waals surface area contributed by atoms with Crippen molar-refractivity contribution in [2.45, 2.75) is 26.2 Å². The fourth-order valence-corrected chi connectivity index (χ4v) is 2.02. The van der Waals surface area contributed by atoms with Gasteiger partial charge in [0.1, 0.15) is 0 Å². The van der Waals surface area contributed by atoms with Gasteiger partial charge >= 0.3 is 5.97 Å². The third kappa shape index (κ3) is 3.70. The summed E-state index contributed by atoms with van der Waals surface area (Å²) in [4.78, 5) is 21.4. The van der Waals surface area contributed by atoms with Gasteiger partial charge in [-0.1, -0.05) is 24.9 Å². The van der Waals surface area contributed by atoms with Crippen LogP contribution in [0.15, 0.2) is 18.2 Å². The second-order valence-electron chi connectivity index (χ2n) is 4.06. The van der Waals surface area contributed by atoms with Gasteiger partial charge in [0.15, 0.2) is 0 Å². The van der Waals surface area contributed by atoms with Crippen LogP contribution in [0.25, 0.3) is 0 Å². The Morgan fingerprint density at radius 3 is 2.72 bits per heavy atom. The molecule has 0 aliphatic carbocycles. The first-order valence-corrected chi connectivity index (χ1v) is 5.99. The molecule has 1 rings (SSSR count). The molecule has 98 valence electrons. The summed E-state index contributed by atoms with van der Waals surface area (Å²) in [7, 11) is 0. The standard InChI is InChI=1S/C12H14ClNO4/c1-2-3-8(12(15)16)6-9-7-10(13)4-5-11(9)14(17)18/h4-5,7-8H,2-3,6H2,1H3,(H,15,16). The van der Waals surface area contributed by atoms with Crippen molar-refractivity contribution in [3.63, 3.8) is 0 Å². The van der Waals surface area contributed by atoms with E-state index in [1.807, 2.05) is 6.92 Å². The van der Waals surface area contributed by atoms with Crippen molar-refractivity contribution in [3.8, 4) is 0 Å². The fraction of sp³-hybridized carbons (Fsp3) is 0.417. The van der Waals surface area contributed by atoms with Crippen molar-refractivity contribution in [2.24, 2.45) is 5.92 Å². The zero-order valence-corrected chi connectivity index (χ0v) is 10.7. The summed E-state index contributed by atoms with van der Waals surface area (Å²) in [5.41, 5.74) is 0.287. The Balaban J connectivity index is 3.03. The molecule has 0 aliphatic heterocycles.